The molecule has 12 heteroatoms. The average molecular weight is 501 g/mol. The monoisotopic (exact) mass is 500 g/mol. The molecular weight excluding hydrogens is 472 g/mol. The number of benzene rings is 1. The molecule has 186 valence electrons. The third kappa shape index (κ3) is 5.54. The molecule has 3 amide bonds. The average Bonchev–Trinajstić information content (AvgIpc) is 3.65. The summed E-state index contributed by atoms with van der Waals surface area (Å²) < 4.78 is 10.6. The number of anilines is 1. The molecule has 0 unspecified atom stereocenters. The van der Waals surface area contributed by atoms with Crippen molar-refractivity contribution in [1.29, 1.82) is 0 Å². The number of hydrogen-bond donors (Lipinski definition) is 2. The van der Waals surface area contributed by atoms with E-state index >= 15 is 0 Å². The predicted molar refractivity (Wildman–Crippen MR) is 128 cm³/mol. The van der Waals surface area contributed by atoms with Crippen LogP contribution in [0.2, 0.25) is 0 Å². The van der Waals surface area contributed by atoms with E-state index < -0.39 is 5.91 Å². The largest absolute Gasteiger partial charge is 0.454 e. The Bertz CT molecular complexity index is 1100. The molecule has 0 spiro atoms. The summed E-state index contributed by atoms with van der Waals surface area (Å²) >= 11 is 0.938. The first kappa shape index (κ1) is 23.5. The molecule has 3 aliphatic heterocycles. The number of amides is 3. The molecule has 2 aromatic rings. The van der Waals surface area contributed by atoms with Gasteiger partial charge in [0.15, 0.2) is 11.5 Å². The SMILES string of the molecule is O=C(Nc1ccc2c(c1)OCO2)c1nnc(C(=O)N2CCC[C@H](C(=O)NCCN3CCCC3)C2)s1. The lowest BCUT2D eigenvalue weighted by Crippen LogP contribution is -2.46. The molecule has 0 saturated carbocycles. The highest BCUT2D eigenvalue weighted by molar-refractivity contribution is 7.15. The van der Waals surface area contributed by atoms with Gasteiger partial charge in [-0.1, -0.05) is 11.3 Å². The van der Waals surface area contributed by atoms with Gasteiger partial charge in [-0.05, 0) is 50.9 Å². The lowest BCUT2D eigenvalue weighted by atomic mass is 9.97. The first-order valence-electron chi connectivity index (χ1n) is 11.9. The van der Waals surface area contributed by atoms with Crippen LogP contribution in [-0.4, -0.2) is 83.8 Å². The number of carbonyl (C=O) groups is 3. The van der Waals surface area contributed by atoms with E-state index in [1.807, 2.05) is 0 Å². The minimum absolute atomic E-state index is 0.0113. The standard InChI is InChI=1S/C23H28N6O5S/c30-19(24-7-11-28-8-1-2-9-28)15-4-3-10-29(13-15)23(32)22-27-26-21(35-22)20(31)25-16-5-6-17-18(12-16)34-14-33-17/h5-6,12,15H,1-4,7-11,13-14H2,(H,24,30)(H,25,31)/t15-/m0/s1. The van der Waals surface area contributed by atoms with Crippen LogP contribution in [0.15, 0.2) is 18.2 Å². The molecule has 35 heavy (non-hydrogen) atoms. The number of nitrogens with one attached hydrogen (secondary N) is 2. The van der Waals surface area contributed by atoms with Crippen molar-refractivity contribution in [3.63, 3.8) is 0 Å². The summed E-state index contributed by atoms with van der Waals surface area (Å²) in [4.78, 5) is 42.3. The van der Waals surface area contributed by atoms with E-state index in [0.29, 0.717) is 36.8 Å². The topological polar surface area (TPSA) is 126 Å². The predicted octanol–water partition coefficient (Wildman–Crippen LogP) is 1.58. The van der Waals surface area contributed by atoms with Gasteiger partial charge in [0.05, 0.1) is 5.92 Å². The lowest BCUT2D eigenvalue weighted by Gasteiger charge is -2.31. The number of rotatable bonds is 7. The molecule has 5 rings (SSSR count). The summed E-state index contributed by atoms with van der Waals surface area (Å²) in [6.45, 7) is 4.72. The van der Waals surface area contributed by atoms with E-state index in [0.717, 1.165) is 43.8 Å². The molecule has 0 bridgehead atoms. The van der Waals surface area contributed by atoms with Crippen LogP contribution in [0.3, 0.4) is 0 Å². The summed E-state index contributed by atoms with van der Waals surface area (Å²) in [5.41, 5.74) is 0.525. The Labute approximate surface area is 206 Å². The van der Waals surface area contributed by atoms with E-state index in [9.17, 15) is 14.4 Å². The van der Waals surface area contributed by atoms with Gasteiger partial charge in [0.25, 0.3) is 11.8 Å². The van der Waals surface area contributed by atoms with Crippen LogP contribution in [0.1, 0.15) is 45.3 Å². The molecule has 0 aliphatic carbocycles. The zero-order valence-electron chi connectivity index (χ0n) is 19.3. The number of nitrogens with zero attached hydrogens (tertiary/aromatic N) is 4. The highest BCUT2D eigenvalue weighted by Crippen LogP contribution is 2.34. The van der Waals surface area contributed by atoms with E-state index in [4.69, 9.17) is 9.47 Å². The fourth-order valence-electron chi connectivity index (χ4n) is 4.56. The van der Waals surface area contributed by atoms with Crippen molar-refractivity contribution in [2.75, 3.05) is 51.4 Å². The van der Waals surface area contributed by atoms with Crippen LogP contribution < -0.4 is 20.1 Å². The van der Waals surface area contributed by atoms with Crippen molar-refractivity contribution in [2.24, 2.45) is 5.92 Å². The van der Waals surface area contributed by atoms with Crippen molar-refractivity contribution in [2.45, 2.75) is 25.7 Å². The highest BCUT2D eigenvalue weighted by atomic mass is 32.1. The molecule has 0 radical (unpaired) electrons. The fourth-order valence-corrected chi connectivity index (χ4v) is 5.27. The van der Waals surface area contributed by atoms with Crippen molar-refractivity contribution in [3.05, 3.63) is 28.2 Å². The van der Waals surface area contributed by atoms with Crippen LogP contribution in [0.4, 0.5) is 5.69 Å². The van der Waals surface area contributed by atoms with E-state index in [-0.39, 0.29) is 34.5 Å². The van der Waals surface area contributed by atoms with Gasteiger partial charge >= 0.3 is 0 Å². The maximum Gasteiger partial charge on any atom is 0.286 e. The maximum absolute atomic E-state index is 13.0. The molecule has 1 aromatic carbocycles. The van der Waals surface area contributed by atoms with Crippen LogP contribution in [-0.2, 0) is 4.79 Å². The molecule has 1 aromatic heterocycles. The number of fused-ring (bicyclic) bond motifs is 1. The van der Waals surface area contributed by atoms with E-state index in [1.165, 1.54) is 12.8 Å². The minimum atomic E-state index is -0.464. The molecule has 2 fully saturated rings. The Balaban J connectivity index is 1.14. The molecule has 2 N–H and O–H groups in total. The van der Waals surface area contributed by atoms with Crippen molar-refractivity contribution in [3.8, 4) is 11.5 Å². The van der Waals surface area contributed by atoms with Gasteiger partial charge < -0.3 is 29.9 Å². The Morgan fingerprint density at radius 2 is 1.83 bits per heavy atom. The molecule has 4 heterocycles. The number of hydrogen-bond acceptors (Lipinski definition) is 9. The van der Waals surface area contributed by atoms with Crippen LogP contribution >= 0.6 is 11.3 Å². The Hall–Kier alpha value is -3.25. The summed E-state index contributed by atoms with van der Waals surface area (Å²) in [5, 5.41) is 13.8. The van der Waals surface area contributed by atoms with Gasteiger partial charge in [0, 0.05) is 37.9 Å². The van der Waals surface area contributed by atoms with Crippen LogP contribution in [0, 0.1) is 5.92 Å². The molecule has 3 aliphatic rings. The fraction of sp³-hybridized carbons (Fsp3) is 0.522. The highest BCUT2D eigenvalue weighted by Gasteiger charge is 2.31. The normalized spacial score (nSPS) is 19.5. The van der Waals surface area contributed by atoms with E-state index in [1.54, 1.807) is 23.1 Å². The summed E-state index contributed by atoms with van der Waals surface area (Å²) in [7, 11) is 0. The van der Waals surface area contributed by atoms with Crippen molar-refractivity contribution in [1.82, 2.24) is 25.3 Å². The van der Waals surface area contributed by atoms with Crippen LogP contribution in [0.25, 0.3) is 0 Å². The molecule has 1 atom stereocenters. The first-order valence-corrected chi connectivity index (χ1v) is 12.7. The number of aromatic nitrogens is 2. The zero-order chi connectivity index (χ0) is 24.2. The Kier molecular flexibility index (Phi) is 7.09. The number of carbonyl (C=O) groups excluding carboxylic acids is 3. The summed E-state index contributed by atoms with van der Waals surface area (Å²) in [6.07, 6.45) is 3.94. The maximum atomic E-state index is 13.0. The Morgan fingerprint density at radius 3 is 2.69 bits per heavy atom. The third-order valence-electron chi connectivity index (χ3n) is 6.44. The quantitative estimate of drug-likeness (QED) is 0.587. The van der Waals surface area contributed by atoms with Gasteiger partial charge in [-0.2, -0.15) is 0 Å². The van der Waals surface area contributed by atoms with Gasteiger partial charge in [-0.3, -0.25) is 14.4 Å². The molecule has 11 nitrogen and oxygen atoms in total. The van der Waals surface area contributed by atoms with Gasteiger partial charge in [0.2, 0.25) is 22.7 Å². The lowest BCUT2D eigenvalue weighted by molar-refractivity contribution is -0.126. The number of ether oxygens (including phenoxy) is 2. The molecular formula is C23H28N6O5S. The van der Waals surface area contributed by atoms with Gasteiger partial charge in [-0.25, -0.2) is 0 Å². The second kappa shape index (κ2) is 10.6. The zero-order valence-corrected chi connectivity index (χ0v) is 20.1. The third-order valence-corrected chi connectivity index (χ3v) is 7.35. The minimum Gasteiger partial charge on any atom is -0.454 e. The number of piperidine rings is 1. The summed E-state index contributed by atoms with van der Waals surface area (Å²) in [6, 6.07) is 5.07. The second-order valence-corrected chi connectivity index (χ2v) is 9.84. The summed E-state index contributed by atoms with van der Waals surface area (Å²) in [5.74, 6) is 0.145. The second-order valence-electron chi connectivity index (χ2n) is 8.86. The first-order chi connectivity index (χ1) is 17.1. The van der Waals surface area contributed by atoms with Gasteiger partial charge in [0.1, 0.15) is 0 Å². The smallest absolute Gasteiger partial charge is 0.286 e. The molecule has 2 saturated heterocycles. The van der Waals surface area contributed by atoms with Crippen molar-refractivity contribution < 1.29 is 23.9 Å². The number of likely N-dealkylation sites (tertiary alicyclic amines) is 2. The van der Waals surface area contributed by atoms with Gasteiger partial charge in [-0.15, -0.1) is 10.2 Å². The Morgan fingerprint density at radius 1 is 1.03 bits per heavy atom. The van der Waals surface area contributed by atoms with E-state index in [2.05, 4.69) is 25.7 Å². The van der Waals surface area contributed by atoms with Crippen molar-refractivity contribution >= 4 is 34.7 Å². The van der Waals surface area contributed by atoms with Crippen LogP contribution in [0.5, 0.6) is 11.5 Å².